The molecular formula is C15H30N2O. The number of likely N-dealkylation sites (tertiary alicyclic amines) is 1. The van der Waals surface area contributed by atoms with E-state index in [1.807, 2.05) is 0 Å². The first kappa shape index (κ1) is 14.3. The first-order valence-corrected chi connectivity index (χ1v) is 7.90. The molecule has 2 aliphatic rings. The van der Waals surface area contributed by atoms with Gasteiger partial charge >= 0.3 is 0 Å². The Hall–Kier alpha value is -0.120. The lowest BCUT2D eigenvalue weighted by molar-refractivity contribution is -0.00277. The van der Waals surface area contributed by atoms with Crippen molar-refractivity contribution in [1.82, 2.24) is 10.2 Å². The maximum atomic E-state index is 5.92. The summed E-state index contributed by atoms with van der Waals surface area (Å²) in [5.41, 5.74) is 0. The molecule has 18 heavy (non-hydrogen) atoms. The van der Waals surface area contributed by atoms with Gasteiger partial charge in [-0.3, -0.25) is 4.90 Å². The van der Waals surface area contributed by atoms with Crippen molar-refractivity contribution in [3.63, 3.8) is 0 Å². The van der Waals surface area contributed by atoms with Gasteiger partial charge in [0.25, 0.3) is 0 Å². The number of hydrogen-bond donors (Lipinski definition) is 1. The Kier molecular flexibility index (Phi) is 5.93. The average molecular weight is 254 g/mol. The predicted molar refractivity (Wildman–Crippen MR) is 75.9 cm³/mol. The molecule has 1 saturated carbocycles. The van der Waals surface area contributed by atoms with Crippen LogP contribution < -0.4 is 5.32 Å². The summed E-state index contributed by atoms with van der Waals surface area (Å²) in [6.45, 7) is 10.1. The van der Waals surface area contributed by atoms with E-state index < -0.39 is 0 Å². The van der Waals surface area contributed by atoms with E-state index in [9.17, 15) is 0 Å². The van der Waals surface area contributed by atoms with E-state index in [2.05, 4.69) is 24.1 Å². The van der Waals surface area contributed by atoms with Gasteiger partial charge in [0.1, 0.15) is 0 Å². The van der Waals surface area contributed by atoms with Crippen molar-refractivity contribution in [2.45, 2.75) is 58.1 Å². The molecule has 2 rings (SSSR count). The molecule has 1 saturated heterocycles. The average Bonchev–Trinajstić information content (AvgIpc) is 3.21. The van der Waals surface area contributed by atoms with Crippen LogP contribution in [0.15, 0.2) is 0 Å². The smallest absolute Gasteiger partial charge is 0.0702 e. The number of piperidine rings is 1. The molecule has 1 heterocycles. The first-order valence-electron chi connectivity index (χ1n) is 7.90. The molecular weight excluding hydrogens is 224 g/mol. The molecule has 3 heteroatoms. The molecule has 0 aromatic rings. The highest BCUT2D eigenvalue weighted by Crippen LogP contribution is 2.33. The Morgan fingerprint density at radius 2 is 2.11 bits per heavy atom. The first-order chi connectivity index (χ1) is 8.83. The molecule has 0 amide bonds. The van der Waals surface area contributed by atoms with Crippen LogP contribution in [0.25, 0.3) is 0 Å². The summed E-state index contributed by atoms with van der Waals surface area (Å²) in [7, 11) is 0. The van der Waals surface area contributed by atoms with Crippen LogP contribution in [0.2, 0.25) is 0 Å². The fraction of sp³-hybridized carbons (Fsp3) is 1.00. The summed E-state index contributed by atoms with van der Waals surface area (Å²) < 4.78 is 5.92. The fourth-order valence-electron chi connectivity index (χ4n) is 3.02. The van der Waals surface area contributed by atoms with Gasteiger partial charge in [-0.2, -0.15) is 0 Å². The highest BCUT2D eigenvalue weighted by atomic mass is 16.5. The quantitative estimate of drug-likeness (QED) is 0.719. The van der Waals surface area contributed by atoms with Crippen LogP contribution in [0.1, 0.15) is 46.0 Å². The lowest BCUT2D eigenvalue weighted by Gasteiger charge is -2.35. The van der Waals surface area contributed by atoms with Crippen molar-refractivity contribution in [3.05, 3.63) is 0 Å². The van der Waals surface area contributed by atoms with E-state index in [1.165, 1.54) is 38.8 Å². The molecule has 0 spiro atoms. The molecule has 1 aliphatic heterocycles. The summed E-state index contributed by atoms with van der Waals surface area (Å²) in [5.74, 6) is 0.946. The van der Waals surface area contributed by atoms with Crippen molar-refractivity contribution in [1.29, 1.82) is 0 Å². The second-order valence-electron chi connectivity index (χ2n) is 5.90. The molecule has 3 nitrogen and oxygen atoms in total. The van der Waals surface area contributed by atoms with Gasteiger partial charge in [-0.05, 0) is 51.1 Å². The fourth-order valence-corrected chi connectivity index (χ4v) is 3.02. The molecule has 0 aromatic carbocycles. The number of hydrogen-bond acceptors (Lipinski definition) is 3. The minimum absolute atomic E-state index is 0.486. The summed E-state index contributed by atoms with van der Waals surface area (Å²) in [6, 6.07) is 0.722. The second kappa shape index (κ2) is 7.46. The normalized spacial score (nSPS) is 27.3. The highest BCUT2D eigenvalue weighted by molar-refractivity contribution is 4.89. The predicted octanol–water partition coefficient (Wildman–Crippen LogP) is 2.27. The van der Waals surface area contributed by atoms with Crippen molar-refractivity contribution in [3.8, 4) is 0 Å². The zero-order valence-corrected chi connectivity index (χ0v) is 12.2. The standard InChI is InChI=1S/C15H30N2O/c1-3-10-18-14-6-5-9-17(11-14)12-15(16-4-2)13-7-8-13/h13-16H,3-12H2,1-2H3. The minimum atomic E-state index is 0.486. The Labute approximate surface area is 112 Å². The van der Waals surface area contributed by atoms with Crippen molar-refractivity contribution in [2.24, 2.45) is 5.92 Å². The van der Waals surface area contributed by atoms with E-state index in [0.29, 0.717) is 6.10 Å². The number of nitrogens with zero attached hydrogens (tertiary/aromatic N) is 1. The Morgan fingerprint density at radius 1 is 1.28 bits per heavy atom. The van der Waals surface area contributed by atoms with Crippen LogP contribution in [-0.2, 0) is 4.74 Å². The van der Waals surface area contributed by atoms with E-state index in [0.717, 1.165) is 38.1 Å². The van der Waals surface area contributed by atoms with Gasteiger partial charge in [0.15, 0.2) is 0 Å². The molecule has 2 unspecified atom stereocenters. The third kappa shape index (κ3) is 4.52. The number of rotatable bonds is 8. The van der Waals surface area contributed by atoms with Gasteiger partial charge in [-0.25, -0.2) is 0 Å². The van der Waals surface area contributed by atoms with Crippen LogP contribution in [0.5, 0.6) is 0 Å². The largest absolute Gasteiger partial charge is 0.377 e. The molecule has 106 valence electrons. The molecule has 0 bridgehead atoms. The zero-order valence-electron chi connectivity index (χ0n) is 12.2. The van der Waals surface area contributed by atoms with Gasteiger partial charge < -0.3 is 10.1 Å². The molecule has 0 aromatic heterocycles. The monoisotopic (exact) mass is 254 g/mol. The Bertz CT molecular complexity index is 231. The zero-order chi connectivity index (χ0) is 12.8. The molecule has 2 atom stereocenters. The maximum Gasteiger partial charge on any atom is 0.0702 e. The Balaban J connectivity index is 1.73. The third-order valence-electron chi connectivity index (χ3n) is 4.13. The number of ether oxygens (including phenoxy) is 1. The summed E-state index contributed by atoms with van der Waals surface area (Å²) in [6.07, 6.45) is 7.05. The van der Waals surface area contributed by atoms with Crippen LogP contribution in [0, 0.1) is 5.92 Å². The molecule has 1 aliphatic carbocycles. The second-order valence-corrected chi connectivity index (χ2v) is 5.90. The summed E-state index contributed by atoms with van der Waals surface area (Å²) >= 11 is 0. The van der Waals surface area contributed by atoms with E-state index in [4.69, 9.17) is 4.74 Å². The SMILES string of the molecule is CCCOC1CCCN(CC(NCC)C2CC2)C1. The van der Waals surface area contributed by atoms with Crippen LogP contribution in [-0.4, -0.2) is 49.8 Å². The van der Waals surface area contributed by atoms with Crippen LogP contribution in [0.4, 0.5) is 0 Å². The molecule has 0 radical (unpaired) electrons. The maximum absolute atomic E-state index is 5.92. The Morgan fingerprint density at radius 3 is 2.78 bits per heavy atom. The number of likely N-dealkylation sites (N-methyl/N-ethyl adjacent to an activating group) is 1. The van der Waals surface area contributed by atoms with Crippen LogP contribution >= 0.6 is 0 Å². The van der Waals surface area contributed by atoms with E-state index in [1.54, 1.807) is 0 Å². The van der Waals surface area contributed by atoms with Crippen molar-refractivity contribution < 1.29 is 4.74 Å². The third-order valence-corrected chi connectivity index (χ3v) is 4.13. The molecule has 1 N–H and O–H groups in total. The van der Waals surface area contributed by atoms with Gasteiger partial charge in [-0.1, -0.05) is 13.8 Å². The van der Waals surface area contributed by atoms with Gasteiger partial charge in [0, 0.05) is 25.7 Å². The number of nitrogens with one attached hydrogen (secondary N) is 1. The van der Waals surface area contributed by atoms with Gasteiger partial charge in [-0.15, -0.1) is 0 Å². The van der Waals surface area contributed by atoms with Crippen LogP contribution in [0.3, 0.4) is 0 Å². The topological polar surface area (TPSA) is 24.5 Å². The van der Waals surface area contributed by atoms with Gasteiger partial charge in [0.2, 0.25) is 0 Å². The minimum Gasteiger partial charge on any atom is -0.377 e. The summed E-state index contributed by atoms with van der Waals surface area (Å²) in [4.78, 5) is 2.62. The van der Waals surface area contributed by atoms with Gasteiger partial charge in [0.05, 0.1) is 6.10 Å². The van der Waals surface area contributed by atoms with E-state index >= 15 is 0 Å². The lowest BCUT2D eigenvalue weighted by atomic mass is 10.1. The van der Waals surface area contributed by atoms with Crippen molar-refractivity contribution in [2.75, 3.05) is 32.8 Å². The lowest BCUT2D eigenvalue weighted by Crippen LogP contribution is -2.47. The van der Waals surface area contributed by atoms with Crippen molar-refractivity contribution >= 4 is 0 Å². The molecule has 2 fully saturated rings. The highest BCUT2D eigenvalue weighted by Gasteiger charge is 2.32. The summed E-state index contributed by atoms with van der Waals surface area (Å²) in [5, 5.41) is 3.67. The van der Waals surface area contributed by atoms with E-state index in [-0.39, 0.29) is 0 Å².